The molecule has 10 nitrogen and oxygen atoms in total. The smallest absolute Gasteiger partial charge is 0.163 e. The van der Waals surface area contributed by atoms with Gasteiger partial charge in [0.2, 0.25) is 0 Å². The molecule has 1 unspecified atom stereocenters. The van der Waals surface area contributed by atoms with Gasteiger partial charge in [-0.3, -0.25) is 4.90 Å². The lowest BCUT2D eigenvalue weighted by Crippen LogP contribution is -2.61. The van der Waals surface area contributed by atoms with Crippen molar-refractivity contribution in [2.75, 3.05) is 60.0 Å². The maximum atomic E-state index is 10.6. The summed E-state index contributed by atoms with van der Waals surface area (Å²) in [6.45, 7) is 9.15. The number of aromatic nitrogens is 3. The molecular weight excluding hydrogens is 791 g/mol. The Bertz CT molecular complexity index is 2100. The van der Waals surface area contributed by atoms with Crippen molar-refractivity contribution in [2.24, 2.45) is 13.0 Å². The van der Waals surface area contributed by atoms with Gasteiger partial charge < -0.3 is 34.8 Å². The number of fused-ring (bicyclic) bond motifs is 2. The number of piperidine rings is 1. The molecule has 2 saturated heterocycles. The van der Waals surface area contributed by atoms with Crippen molar-refractivity contribution in [2.45, 2.75) is 69.7 Å². The van der Waals surface area contributed by atoms with E-state index < -0.39 is 0 Å². The summed E-state index contributed by atoms with van der Waals surface area (Å²) in [5.41, 5.74) is 4.61. The van der Waals surface area contributed by atoms with Gasteiger partial charge in [0.05, 0.1) is 13.2 Å². The normalized spacial score (nSPS) is 23.3. The van der Waals surface area contributed by atoms with Crippen molar-refractivity contribution < 1.29 is 9.84 Å². The van der Waals surface area contributed by atoms with Crippen LogP contribution < -0.4 is 15.4 Å². The monoisotopic (exact) mass is 852 g/mol. The molecule has 3 heterocycles. The van der Waals surface area contributed by atoms with Crippen LogP contribution in [-0.2, 0) is 33.0 Å². The predicted octanol–water partition coefficient (Wildman–Crippen LogP) is 7.71. The molecule has 2 fully saturated rings. The molecule has 320 valence electrons. The van der Waals surface area contributed by atoms with Crippen LogP contribution in [0.25, 0.3) is 11.4 Å². The largest absolute Gasteiger partial charge is 0.457 e. The quantitative estimate of drug-likeness (QED) is 0.117. The number of halogens is 2. The van der Waals surface area contributed by atoms with E-state index in [1.165, 1.54) is 11.1 Å². The Labute approximate surface area is 366 Å². The highest BCUT2D eigenvalue weighted by atomic mass is 35.5. The van der Waals surface area contributed by atoms with Crippen LogP contribution in [0.1, 0.15) is 48.7 Å². The van der Waals surface area contributed by atoms with Gasteiger partial charge in [-0.05, 0) is 132 Å². The molecule has 0 amide bonds. The third-order valence-electron chi connectivity index (χ3n) is 12.3. The number of rotatable bonds is 12. The molecule has 12 heteroatoms. The molecule has 5 aromatic rings. The number of aliphatic hydroxyl groups excluding tert-OH is 1. The van der Waals surface area contributed by atoms with Gasteiger partial charge in [-0.1, -0.05) is 71.7 Å². The van der Waals surface area contributed by atoms with Crippen molar-refractivity contribution in [3.8, 4) is 22.9 Å². The van der Waals surface area contributed by atoms with Gasteiger partial charge in [-0.2, -0.15) is 0 Å². The summed E-state index contributed by atoms with van der Waals surface area (Å²) in [6, 6.07) is 33.4. The van der Waals surface area contributed by atoms with Gasteiger partial charge in [0.1, 0.15) is 17.3 Å². The zero-order valence-corrected chi connectivity index (χ0v) is 37.2. The summed E-state index contributed by atoms with van der Waals surface area (Å²) < 4.78 is 8.66. The van der Waals surface area contributed by atoms with E-state index >= 15 is 0 Å². The third kappa shape index (κ3) is 12.0. The molecule has 0 saturated carbocycles. The first kappa shape index (κ1) is 44.2. The average molecular weight is 854 g/mol. The third-order valence-corrected chi connectivity index (χ3v) is 12.7. The fourth-order valence-electron chi connectivity index (χ4n) is 8.91. The van der Waals surface area contributed by atoms with Crippen LogP contribution in [0.2, 0.25) is 10.0 Å². The molecule has 0 radical (unpaired) electrons. The van der Waals surface area contributed by atoms with Gasteiger partial charge in [0, 0.05) is 78.6 Å². The fraction of sp³-hybridized carbons (Fsp3) is 0.458. The van der Waals surface area contributed by atoms with Crippen molar-refractivity contribution in [1.29, 1.82) is 0 Å². The molecule has 0 spiro atoms. The summed E-state index contributed by atoms with van der Waals surface area (Å²) in [5, 5.41) is 28.7. The minimum Gasteiger partial charge on any atom is -0.457 e. The first-order valence-corrected chi connectivity index (χ1v) is 22.2. The highest BCUT2D eigenvalue weighted by Crippen LogP contribution is 2.33. The standard InChI is InChI=1S/C48H62Cl2N8O2/c1-35-28-51-43(33-59)29-52-48(27-37-11-16-41(49)17-12-37)22-8-23-57(34-48)30-38(25-36-9-6-5-7-10-36)21-24-58(35)31-40-13-18-42(50)26-45(40)60-44-19-14-39(15-20-44)47-54-53-46(56(47)4)32-55(2)3/h5-7,9-20,26,35,38,43,51-52,59H,8,21-25,27-34H2,1-4H3/t35-,38-,43-,48+/m0/s1. The van der Waals surface area contributed by atoms with Crippen molar-refractivity contribution in [1.82, 2.24) is 40.1 Å². The minimum atomic E-state index is -0.101. The summed E-state index contributed by atoms with van der Waals surface area (Å²) in [7, 11) is 6.05. The van der Waals surface area contributed by atoms with E-state index in [0.29, 0.717) is 30.6 Å². The number of hydrogen-bond donors (Lipinski definition) is 3. The Morgan fingerprint density at radius 1 is 0.900 bits per heavy atom. The molecule has 4 aromatic carbocycles. The molecule has 3 N–H and O–H groups in total. The number of hydrogen-bond acceptors (Lipinski definition) is 9. The number of nitrogens with one attached hydrogen (secondary N) is 2. The second kappa shape index (κ2) is 20.8. The number of benzene rings is 4. The van der Waals surface area contributed by atoms with Gasteiger partial charge >= 0.3 is 0 Å². The van der Waals surface area contributed by atoms with Crippen molar-refractivity contribution >= 4 is 23.2 Å². The van der Waals surface area contributed by atoms with E-state index in [1.54, 1.807) is 0 Å². The molecule has 1 aromatic heterocycles. The van der Waals surface area contributed by atoms with Crippen LogP contribution in [-0.4, -0.2) is 112 Å². The highest BCUT2D eigenvalue weighted by Gasteiger charge is 2.37. The van der Waals surface area contributed by atoms with Crippen LogP contribution in [0.4, 0.5) is 0 Å². The molecular formula is C48H62Cl2N8O2. The van der Waals surface area contributed by atoms with E-state index in [-0.39, 0.29) is 24.2 Å². The van der Waals surface area contributed by atoms with Gasteiger partial charge in [-0.15, -0.1) is 10.2 Å². The Morgan fingerprint density at radius 2 is 1.67 bits per heavy atom. The number of ether oxygens (including phenoxy) is 1. The van der Waals surface area contributed by atoms with Crippen LogP contribution >= 0.6 is 23.2 Å². The summed E-state index contributed by atoms with van der Waals surface area (Å²) in [6.07, 6.45) is 5.20. The van der Waals surface area contributed by atoms with Crippen LogP contribution in [0, 0.1) is 5.92 Å². The molecule has 60 heavy (non-hydrogen) atoms. The zero-order chi connectivity index (χ0) is 42.1. The Hall–Kier alpha value is -3.84. The van der Waals surface area contributed by atoms with E-state index in [2.05, 4.69) is 91.0 Å². The van der Waals surface area contributed by atoms with Gasteiger partial charge in [0.25, 0.3) is 0 Å². The van der Waals surface area contributed by atoms with Crippen LogP contribution in [0.3, 0.4) is 0 Å². The Kier molecular flexibility index (Phi) is 15.3. The van der Waals surface area contributed by atoms with E-state index in [1.807, 2.05) is 74.2 Å². The molecule has 5 atom stereocenters. The minimum absolute atomic E-state index is 0.0570. The lowest BCUT2D eigenvalue weighted by Gasteiger charge is -2.46. The Balaban J connectivity index is 1.12. The highest BCUT2D eigenvalue weighted by molar-refractivity contribution is 6.31. The molecule has 2 aliphatic heterocycles. The van der Waals surface area contributed by atoms with E-state index in [9.17, 15) is 5.11 Å². The van der Waals surface area contributed by atoms with Crippen molar-refractivity contribution in [3.05, 3.63) is 130 Å². The maximum Gasteiger partial charge on any atom is 0.163 e. The van der Waals surface area contributed by atoms with Crippen LogP contribution in [0.5, 0.6) is 11.5 Å². The molecule has 7 rings (SSSR count). The summed E-state index contributed by atoms with van der Waals surface area (Å²) in [4.78, 5) is 7.35. The summed E-state index contributed by atoms with van der Waals surface area (Å²) in [5.74, 6) is 3.65. The first-order chi connectivity index (χ1) is 29.0. The molecule has 2 bridgehead atoms. The molecule has 2 aliphatic rings. The molecule has 0 aliphatic carbocycles. The van der Waals surface area contributed by atoms with Gasteiger partial charge in [-0.25, -0.2) is 0 Å². The summed E-state index contributed by atoms with van der Waals surface area (Å²) >= 11 is 12.9. The van der Waals surface area contributed by atoms with E-state index in [4.69, 9.17) is 27.9 Å². The second-order valence-electron chi connectivity index (χ2n) is 17.4. The lowest BCUT2D eigenvalue weighted by molar-refractivity contribution is 0.0883. The lowest BCUT2D eigenvalue weighted by atomic mass is 9.82. The second-order valence-corrected chi connectivity index (χ2v) is 18.2. The number of nitrogens with zero attached hydrogens (tertiary/aromatic N) is 6. The number of aliphatic hydroxyl groups is 1. The van der Waals surface area contributed by atoms with Gasteiger partial charge in [0.15, 0.2) is 5.82 Å². The maximum absolute atomic E-state index is 10.6. The first-order valence-electron chi connectivity index (χ1n) is 21.5. The van der Waals surface area contributed by atoms with E-state index in [0.717, 1.165) is 104 Å². The SMILES string of the molecule is C[C@H]1CN[C@H](CO)CN[C@@]2(Cc3ccc(Cl)cc3)CCCN(C[C@H](Cc3ccccc3)CCN1Cc1ccc(Cl)cc1Oc1ccc(-c3nnc(CN(C)C)n3C)cc1)C2. The topological polar surface area (TPSA) is 93.9 Å². The fourth-order valence-corrected chi connectivity index (χ4v) is 9.20. The Morgan fingerprint density at radius 3 is 2.42 bits per heavy atom. The average Bonchev–Trinajstić information content (AvgIpc) is 3.59. The van der Waals surface area contributed by atoms with Crippen molar-refractivity contribution in [3.63, 3.8) is 0 Å². The van der Waals surface area contributed by atoms with Crippen LogP contribution in [0.15, 0.2) is 97.1 Å². The zero-order valence-electron chi connectivity index (χ0n) is 35.7. The predicted molar refractivity (Wildman–Crippen MR) is 244 cm³/mol.